The Labute approximate surface area is 166 Å². The average molecular weight is 386 g/mol. The molecule has 7 heteroatoms. The van der Waals surface area contributed by atoms with Crippen LogP contribution in [-0.2, 0) is 4.74 Å². The van der Waals surface area contributed by atoms with E-state index in [1.54, 1.807) is 19.9 Å². The molecule has 1 saturated heterocycles. The first-order valence-electron chi connectivity index (χ1n) is 10.3. The first kappa shape index (κ1) is 20.6. The van der Waals surface area contributed by atoms with Crippen molar-refractivity contribution in [2.75, 3.05) is 24.6 Å². The average Bonchev–Trinajstić information content (AvgIpc) is 2.70. The van der Waals surface area contributed by atoms with E-state index in [0.717, 1.165) is 6.42 Å². The van der Waals surface area contributed by atoms with Crippen LogP contribution in [0.25, 0.3) is 0 Å². The molecule has 0 spiro atoms. The molecule has 0 bridgehead atoms. The molecule has 7 nitrogen and oxygen atoms in total. The van der Waals surface area contributed by atoms with E-state index in [4.69, 9.17) is 4.74 Å². The summed E-state index contributed by atoms with van der Waals surface area (Å²) < 4.78 is 5.16. The summed E-state index contributed by atoms with van der Waals surface area (Å²) in [6.07, 6.45) is 6.41. The van der Waals surface area contributed by atoms with Crippen LogP contribution >= 0.6 is 0 Å². The van der Waals surface area contributed by atoms with Crippen molar-refractivity contribution >= 4 is 11.8 Å². The molecule has 2 heterocycles. The predicted molar refractivity (Wildman–Crippen MR) is 106 cm³/mol. The van der Waals surface area contributed by atoms with Crippen LogP contribution in [0.5, 0.6) is 0 Å². The second-order valence-electron chi connectivity index (χ2n) is 7.73. The minimum absolute atomic E-state index is 0.0601. The number of piperidine rings is 1. The number of nitrogens with one attached hydrogen (secondary N) is 1. The Morgan fingerprint density at radius 3 is 2.79 bits per heavy atom. The number of nitriles is 1. The Bertz CT molecular complexity index is 740. The van der Waals surface area contributed by atoms with Crippen molar-refractivity contribution in [2.24, 2.45) is 0 Å². The van der Waals surface area contributed by atoms with Gasteiger partial charge in [0.15, 0.2) is 0 Å². The minimum atomic E-state index is -0.538. The summed E-state index contributed by atoms with van der Waals surface area (Å²) in [6.45, 7) is 4.84. The monoisotopic (exact) mass is 386 g/mol. The van der Waals surface area contributed by atoms with E-state index in [-0.39, 0.29) is 18.2 Å². The molecule has 3 rings (SSSR count). The van der Waals surface area contributed by atoms with Crippen LogP contribution in [0.15, 0.2) is 6.07 Å². The molecule has 2 unspecified atom stereocenters. The van der Waals surface area contributed by atoms with Crippen LogP contribution < -0.4 is 10.2 Å². The summed E-state index contributed by atoms with van der Waals surface area (Å²) in [5.41, 5.74) is 1.22. The summed E-state index contributed by atoms with van der Waals surface area (Å²) in [6, 6.07) is 4.18. The molecular formula is C21H30N4O3. The zero-order valence-electron chi connectivity index (χ0n) is 16.8. The number of hydrogen-bond acceptors (Lipinski definition) is 7. The maximum absolute atomic E-state index is 12.4. The summed E-state index contributed by atoms with van der Waals surface area (Å²) in [5.74, 6) is 0.00330. The van der Waals surface area contributed by atoms with Crippen LogP contribution in [0.3, 0.4) is 0 Å². The molecule has 0 radical (unpaired) electrons. The van der Waals surface area contributed by atoms with Crippen molar-refractivity contribution in [3.8, 4) is 6.07 Å². The topological polar surface area (TPSA) is 98.5 Å². The Morgan fingerprint density at radius 1 is 1.39 bits per heavy atom. The van der Waals surface area contributed by atoms with Gasteiger partial charge in [0, 0.05) is 25.2 Å². The van der Waals surface area contributed by atoms with Crippen molar-refractivity contribution in [3.05, 3.63) is 22.9 Å². The van der Waals surface area contributed by atoms with Gasteiger partial charge in [-0.25, -0.2) is 9.78 Å². The third kappa shape index (κ3) is 4.62. The smallest absolute Gasteiger partial charge is 0.341 e. The molecule has 28 heavy (non-hydrogen) atoms. The molecule has 1 aromatic rings. The number of pyridine rings is 1. The number of carbonyl (C=O) groups excluding carboxylic acids is 1. The lowest BCUT2D eigenvalue weighted by Crippen LogP contribution is -2.55. The molecular weight excluding hydrogens is 356 g/mol. The number of aryl methyl sites for hydroxylation is 1. The van der Waals surface area contributed by atoms with Gasteiger partial charge in [-0.2, -0.15) is 5.26 Å². The highest BCUT2D eigenvalue weighted by molar-refractivity contribution is 5.95. The first-order chi connectivity index (χ1) is 13.5. The van der Waals surface area contributed by atoms with Gasteiger partial charge < -0.3 is 20.1 Å². The molecule has 1 aliphatic carbocycles. The van der Waals surface area contributed by atoms with Crippen molar-refractivity contribution in [1.29, 1.82) is 5.26 Å². The number of nitrogens with zero attached hydrogens (tertiary/aromatic N) is 3. The Morgan fingerprint density at radius 2 is 2.14 bits per heavy atom. The van der Waals surface area contributed by atoms with E-state index >= 15 is 0 Å². The van der Waals surface area contributed by atoms with Crippen molar-refractivity contribution in [1.82, 2.24) is 10.3 Å². The Hall–Kier alpha value is -2.17. The van der Waals surface area contributed by atoms with Crippen molar-refractivity contribution in [2.45, 2.75) is 70.6 Å². The lowest BCUT2D eigenvalue weighted by molar-refractivity contribution is 0.0525. The highest BCUT2D eigenvalue weighted by Crippen LogP contribution is 2.27. The molecule has 2 aliphatic rings. The van der Waals surface area contributed by atoms with E-state index < -0.39 is 12.1 Å². The van der Waals surface area contributed by atoms with Gasteiger partial charge in [-0.15, -0.1) is 0 Å². The zero-order valence-corrected chi connectivity index (χ0v) is 16.8. The fourth-order valence-corrected chi connectivity index (χ4v) is 4.20. The number of aliphatic hydroxyl groups excluding tert-OH is 1. The van der Waals surface area contributed by atoms with Gasteiger partial charge in [0.1, 0.15) is 17.5 Å². The zero-order chi connectivity index (χ0) is 20.1. The van der Waals surface area contributed by atoms with Crippen LogP contribution in [0.4, 0.5) is 5.82 Å². The van der Waals surface area contributed by atoms with Crippen molar-refractivity contribution < 1.29 is 14.6 Å². The maximum atomic E-state index is 12.4. The van der Waals surface area contributed by atoms with Gasteiger partial charge in [-0.1, -0.05) is 19.3 Å². The van der Waals surface area contributed by atoms with Gasteiger partial charge in [0.05, 0.1) is 24.0 Å². The SMILES string of the molecule is CCOC(=O)c1cc(C#N)c(C)nc1N1CCC(NC2CCCCC2)C(O)C1. The number of aliphatic hydroxyl groups is 1. The number of carbonyl (C=O) groups is 1. The number of ether oxygens (including phenoxy) is 1. The first-order valence-corrected chi connectivity index (χ1v) is 10.3. The number of hydrogen-bond donors (Lipinski definition) is 2. The molecule has 152 valence electrons. The lowest BCUT2D eigenvalue weighted by atomic mass is 9.92. The van der Waals surface area contributed by atoms with E-state index in [0.29, 0.717) is 36.2 Å². The summed E-state index contributed by atoms with van der Waals surface area (Å²) in [7, 11) is 0. The highest BCUT2D eigenvalue weighted by Gasteiger charge is 2.32. The number of anilines is 1. The minimum Gasteiger partial charge on any atom is -0.462 e. The summed E-state index contributed by atoms with van der Waals surface area (Å²) in [4.78, 5) is 18.9. The van der Waals surface area contributed by atoms with E-state index in [1.165, 1.54) is 32.1 Å². The van der Waals surface area contributed by atoms with Gasteiger partial charge in [0.25, 0.3) is 0 Å². The Kier molecular flexibility index (Phi) is 6.87. The molecule has 1 aliphatic heterocycles. The molecule has 1 aromatic heterocycles. The van der Waals surface area contributed by atoms with Crippen molar-refractivity contribution in [3.63, 3.8) is 0 Å². The normalized spacial score (nSPS) is 23.3. The third-order valence-electron chi connectivity index (χ3n) is 5.75. The second kappa shape index (κ2) is 9.35. The molecule has 0 aromatic carbocycles. The van der Waals surface area contributed by atoms with Gasteiger partial charge in [-0.3, -0.25) is 0 Å². The number of β-amino-alcohol motifs (C(OH)–C–C–N with tert-alkyl or cyclic N) is 1. The molecule has 2 fully saturated rings. The highest BCUT2D eigenvalue weighted by atomic mass is 16.5. The summed E-state index contributed by atoms with van der Waals surface area (Å²) in [5, 5.41) is 23.7. The van der Waals surface area contributed by atoms with Crippen LogP contribution in [0, 0.1) is 18.3 Å². The third-order valence-corrected chi connectivity index (χ3v) is 5.75. The standard InChI is InChI=1S/C21H30N4O3/c1-3-28-21(27)17-11-15(12-22)14(2)23-20(17)25-10-9-18(19(26)13-25)24-16-7-5-4-6-8-16/h11,16,18-19,24,26H,3-10,13H2,1-2H3. The van der Waals surface area contributed by atoms with Crippen LogP contribution in [0.2, 0.25) is 0 Å². The fraction of sp³-hybridized carbons (Fsp3) is 0.667. The van der Waals surface area contributed by atoms with E-state index in [9.17, 15) is 15.2 Å². The molecule has 1 saturated carbocycles. The fourth-order valence-electron chi connectivity index (χ4n) is 4.20. The summed E-state index contributed by atoms with van der Waals surface area (Å²) >= 11 is 0. The van der Waals surface area contributed by atoms with E-state index in [1.807, 2.05) is 4.90 Å². The predicted octanol–water partition coefficient (Wildman–Crippen LogP) is 2.30. The van der Waals surface area contributed by atoms with Gasteiger partial charge in [0.2, 0.25) is 0 Å². The van der Waals surface area contributed by atoms with Gasteiger partial charge >= 0.3 is 5.97 Å². The van der Waals surface area contributed by atoms with Crippen LogP contribution in [0.1, 0.15) is 67.1 Å². The van der Waals surface area contributed by atoms with Crippen LogP contribution in [-0.4, -0.2) is 53.9 Å². The molecule has 0 amide bonds. The quantitative estimate of drug-likeness (QED) is 0.749. The molecule has 2 N–H and O–H groups in total. The second-order valence-corrected chi connectivity index (χ2v) is 7.73. The number of esters is 1. The lowest BCUT2D eigenvalue weighted by Gasteiger charge is -2.39. The number of rotatable bonds is 5. The molecule has 2 atom stereocenters. The van der Waals surface area contributed by atoms with E-state index in [2.05, 4.69) is 16.4 Å². The Balaban J connectivity index is 1.75. The van der Waals surface area contributed by atoms with Gasteiger partial charge in [-0.05, 0) is 39.2 Å². The number of aromatic nitrogens is 1. The largest absolute Gasteiger partial charge is 0.462 e. The maximum Gasteiger partial charge on any atom is 0.341 e.